The average Bonchev–Trinajstić information content (AvgIpc) is 3.23. The number of rotatable bonds is 4. The van der Waals surface area contributed by atoms with Gasteiger partial charge in [0.1, 0.15) is 12.3 Å². The first-order valence-corrected chi connectivity index (χ1v) is 7.34. The minimum atomic E-state index is -0.820. The lowest BCUT2D eigenvalue weighted by molar-refractivity contribution is 0.270. The van der Waals surface area contributed by atoms with Crippen molar-refractivity contribution in [3.05, 3.63) is 76.4 Å². The SMILES string of the molecule is O=c1cc(COc2c(F)cccc2F)nc2cc(-c3ccco3)[nH]n12. The van der Waals surface area contributed by atoms with Gasteiger partial charge in [0.25, 0.3) is 5.56 Å². The molecular formula is C17H11F2N3O3. The van der Waals surface area contributed by atoms with E-state index in [0.29, 0.717) is 17.1 Å². The number of nitrogens with zero attached hydrogens (tertiary/aromatic N) is 2. The van der Waals surface area contributed by atoms with E-state index in [0.717, 1.165) is 12.1 Å². The van der Waals surface area contributed by atoms with Gasteiger partial charge in [-0.15, -0.1) is 0 Å². The van der Waals surface area contributed by atoms with Crippen molar-refractivity contribution in [3.63, 3.8) is 0 Å². The summed E-state index contributed by atoms with van der Waals surface area (Å²) in [4.78, 5) is 16.4. The molecule has 0 aliphatic carbocycles. The van der Waals surface area contributed by atoms with Gasteiger partial charge in [-0.3, -0.25) is 9.89 Å². The van der Waals surface area contributed by atoms with Gasteiger partial charge in [-0.1, -0.05) is 6.07 Å². The maximum absolute atomic E-state index is 13.6. The molecule has 25 heavy (non-hydrogen) atoms. The summed E-state index contributed by atoms with van der Waals surface area (Å²) >= 11 is 0. The number of halogens is 2. The molecular weight excluding hydrogens is 332 g/mol. The average molecular weight is 343 g/mol. The Bertz CT molecular complexity index is 1080. The maximum Gasteiger partial charge on any atom is 0.273 e. The molecule has 0 saturated carbocycles. The highest BCUT2D eigenvalue weighted by Gasteiger charge is 2.13. The number of H-pyrrole nitrogens is 1. The lowest BCUT2D eigenvalue weighted by Crippen LogP contribution is -2.16. The number of ether oxygens (including phenoxy) is 1. The maximum atomic E-state index is 13.6. The summed E-state index contributed by atoms with van der Waals surface area (Å²) in [5.74, 6) is -1.59. The molecule has 0 saturated heterocycles. The molecule has 8 heteroatoms. The lowest BCUT2D eigenvalue weighted by Gasteiger charge is -2.07. The van der Waals surface area contributed by atoms with Crippen LogP contribution in [0.4, 0.5) is 8.78 Å². The molecule has 0 fully saturated rings. The Morgan fingerprint density at radius 3 is 2.68 bits per heavy atom. The third-order valence-electron chi connectivity index (χ3n) is 3.57. The predicted octanol–water partition coefficient (Wildman–Crippen LogP) is 3.14. The summed E-state index contributed by atoms with van der Waals surface area (Å²) < 4.78 is 38.8. The predicted molar refractivity (Wildman–Crippen MR) is 84.2 cm³/mol. The van der Waals surface area contributed by atoms with Gasteiger partial charge in [0.15, 0.2) is 28.8 Å². The van der Waals surface area contributed by atoms with E-state index >= 15 is 0 Å². The topological polar surface area (TPSA) is 72.5 Å². The van der Waals surface area contributed by atoms with E-state index in [2.05, 4.69) is 10.1 Å². The van der Waals surface area contributed by atoms with E-state index in [-0.39, 0.29) is 17.9 Å². The number of benzene rings is 1. The number of para-hydroxylation sites is 1. The number of hydrogen-bond acceptors (Lipinski definition) is 4. The van der Waals surface area contributed by atoms with Crippen molar-refractivity contribution in [1.82, 2.24) is 14.6 Å². The number of aromatic nitrogens is 3. The van der Waals surface area contributed by atoms with Crippen LogP contribution in [0.1, 0.15) is 5.69 Å². The van der Waals surface area contributed by atoms with Crippen LogP contribution in [0.15, 0.2) is 57.9 Å². The van der Waals surface area contributed by atoms with E-state index in [9.17, 15) is 13.6 Å². The van der Waals surface area contributed by atoms with Crippen molar-refractivity contribution >= 4 is 5.65 Å². The van der Waals surface area contributed by atoms with E-state index < -0.39 is 17.4 Å². The number of nitrogens with one attached hydrogen (secondary N) is 1. The highest BCUT2D eigenvalue weighted by atomic mass is 19.1. The van der Waals surface area contributed by atoms with Crippen LogP contribution in [0.25, 0.3) is 17.1 Å². The zero-order chi connectivity index (χ0) is 17.4. The van der Waals surface area contributed by atoms with Crippen molar-refractivity contribution in [3.8, 4) is 17.2 Å². The van der Waals surface area contributed by atoms with Crippen molar-refractivity contribution in [2.24, 2.45) is 0 Å². The van der Waals surface area contributed by atoms with Gasteiger partial charge in [-0.2, -0.15) is 0 Å². The summed E-state index contributed by atoms with van der Waals surface area (Å²) in [5.41, 5.74) is 0.785. The van der Waals surface area contributed by atoms with Crippen LogP contribution >= 0.6 is 0 Å². The van der Waals surface area contributed by atoms with Gasteiger partial charge in [-0.25, -0.2) is 18.3 Å². The van der Waals surface area contributed by atoms with E-state index in [1.807, 2.05) is 0 Å². The van der Waals surface area contributed by atoms with Crippen LogP contribution in [0.5, 0.6) is 5.75 Å². The second-order valence-electron chi connectivity index (χ2n) is 5.27. The Kier molecular flexibility index (Phi) is 3.57. The van der Waals surface area contributed by atoms with Crippen LogP contribution in [-0.4, -0.2) is 14.6 Å². The molecule has 0 unspecified atom stereocenters. The fraction of sp³-hybridized carbons (Fsp3) is 0.0588. The van der Waals surface area contributed by atoms with E-state index in [4.69, 9.17) is 9.15 Å². The van der Waals surface area contributed by atoms with Gasteiger partial charge >= 0.3 is 0 Å². The molecule has 1 N–H and O–H groups in total. The van der Waals surface area contributed by atoms with Crippen LogP contribution in [0, 0.1) is 11.6 Å². The minimum absolute atomic E-state index is 0.245. The first-order valence-electron chi connectivity index (χ1n) is 7.34. The zero-order valence-electron chi connectivity index (χ0n) is 12.7. The lowest BCUT2D eigenvalue weighted by atomic mass is 10.3. The minimum Gasteiger partial charge on any atom is -0.481 e. The highest BCUT2D eigenvalue weighted by Crippen LogP contribution is 2.22. The van der Waals surface area contributed by atoms with Gasteiger partial charge in [0.2, 0.25) is 0 Å². The van der Waals surface area contributed by atoms with Crippen LogP contribution in [0.3, 0.4) is 0 Å². The molecule has 1 aromatic carbocycles. The molecule has 126 valence electrons. The van der Waals surface area contributed by atoms with Crippen LogP contribution < -0.4 is 10.3 Å². The smallest absolute Gasteiger partial charge is 0.273 e. The quantitative estimate of drug-likeness (QED) is 0.618. The highest BCUT2D eigenvalue weighted by molar-refractivity contribution is 5.58. The number of hydrogen-bond donors (Lipinski definition) is 1. The second kappa shape index (κ2) is 5.90. The molecule has 3 heterocycles. The Balaban J connectivity index is 1.66. The molecule has 0 bridgehead atoms. The molecule has 6 nitrogen and oxygen atoms in total. The number of fused-ring (bicyclic) bond motifs is 1. The fourth-order valence-corrected chi connectivity index (χ4v) is 2.44. The van der Waals surface area contributed by atoms with E-state index in [1.165, 1.54) is 22.9 Å². The summed E-state index contributed by atoms with van der Waals surface area (Å²) in [6, 6.07) is 9.74. The molecule has 0 radical (unpaired) electrons. The molecule has 0 amide bonds. The van der Waals surface area contributed by atoms with Crippen molar-refractivity contribution in [2.45, 2.75) is 6.61 Å². The second-order valence-corrected chi connectivity index (χ2v) is 5.27. The van der Waals surface area contributed by atoms with Gasteiger partial charge < -0.3 is 9.15 Å². The Morgan fingerprint density at radius 2 is 1.96 bits per heavy atom. The molecule has 4 rings (SSSR count). The van der Waals surface area contributed by atoms with Crippen molar-refractivity contribution < 1.29 is 17.9 Å². The third-order valence-corrected chi connectivity index (χ3v) is 3.57. The summed E-state index contributed by atoms with van der Waals surface area (Å²) in [6.45, 7) is -0.245. The van der Waals surface area contributed by atoms with Crippen LogP contribution in [-0.2, 0) is 6.61 Å². The molecule has 4 aromatic rings. The molecule has 0 spiro atoms. The summed E-state index contributed by atoms with van der Waals surface area (Å²) in [7, 11) is 0. The zero-order valence-corrected chi connectivity index (χ0v) is 12.7. The Hall–Kier alpha value is -3.42. The standard InChI is InChI=1S/C17H11F2N3O3/c18-11-3-1-4-12(19)17(11)25-9-10-7-16(23)22-15(20-10)8-13(21-22)14-5-2-6-24-14/h1-8,21H,9H2. The van der Waals surface area contributed by atoms with Crippen LogP contribution in [0.2, 0.25) is 0 Å². The largest absolute Gasteiger partial charge is 0.481 e. The summed E-state index contributed by atoms with van der Waals surface area (Å²) in [6.07, 6.45) is 1.51. The van der Waals surface area contributed by atoms with Crippen molar-refractivity contribution in [2.75, 3.05) is 0 Å². The molecule has 0 aliphatic rings. The van der Waals surface area contributed by atoms with Gasteiger partial charge in [0.05, 0.1) is 12.0 Å². The molecule has 0 atom stereocenters. The monoisotopic (exact) mass is 343 g/mol. The first-order chi connectivity index (χ1) is 12.1. The number of furan rings is 1. The Morgan fingerprint density at radius 1 is 1.16 bits per heavy atom. The number of aromatic amines is 1. The summed E-state index contributed by atoms with van der Waals surface area (Å²) in [5, 5.41) is 2.87. The molecule has 3 aromatic heterocycles. The fourth-order valence-electron chi connectivity index (χ4n) is 2.44. The van der Waals surface area contributed by atoms with Gasteiger partial charge in [0, 0.05) is 12.1 Å². The van der Waals surface area contributed by atoms with E-state index in [1.54, 1.807) is 18.2 Å². The normalized spacial score (nSPS) is 11.1. The van der Waals surface area contributed by atoms with Crippen molar-refractivity contribution in [1.29, 1.82) is 0 Å². The molecule has 0 aliphatic heterocycles. The Labute approximate surface area is 139 Å². The first kappa shape index (κ1) is 15.1. The van der Waals surface area contributed by atoms with Gasteiger partial charge in [-0.05, 0) is 24.3 Å². The third kappa shape index (κ3) is 2.78.